The third kappa shape index (κ3) is 4.24. The van der Waals surface area contributed by atoms with E-state index in [4.69, 9.17) is 4.74 Å². The molecule has 1 atom stereocenters. The highest BCUT2D eigenvalue weighted by molar-refractivity contribution is 5.94. The number of ether oxygens (including phenoxy) is 1. The van der Waals surface area contributed by atoms with Gasteiger partial charge in [-0.15, -0.1) is 0 Å². The van der Waals surface area contributed by atoms with E-state index in [0.717, 1.165) is 0 Å². The summed E-state index contributed by atoms with van der Waals surface area (Å²) in [5.41, 5.74) is 0.357. The van der Waals surface area contributed by atoms with Gasteiger partial charge in [0.15, 0.2) is 0 Å². The van der Waals surface area contributed by atoms with E-state index in [1.807, 2.05) is 0 Å². The molecule has 0 radical (unpaired) electrons. The van der Waals surface area contributed by atoms with Crippen molar-refractivity contribution in [3.8, 4) is 17.3 Å². The molecule has 30 heavy (non-hydrogen) atoms. The summed E-state index contributed by atoms with van der Waals surface area (Å²) in [6.45, 7) is 0.769. The summed E-state index contributed by atoms with van der Waals surface area (Å²) in [6, 6.07) is 8.39. The third-order valence-corrected chi connectivity index (χ3v) is 4.44. The Morgan fingerprint density at radius 3 is 2.73 bits per heavy atom. The molecule has 0 spiro atoms. The Hall–Kier alpha value is -3.50. The zero-order valence-electron chi connectivity index (χ0n) is 15.3. The first-order valence-corrected chi connectivity index (χ1v) is 8.88. The van der Waals surface area contributed by atoms with E-state index in [1.165, 1.54) is 36.5 Å². The fourth-order valence-electron chi connectivity index (χ4n) is 3.03. The summed E-state index contributed by atoms with van der Waals surface area (Å²) in [4.78, 5) is 21.3. The number of hydrogen-bond donors (Lipinski definition) is 0. The maximum Gasteiger partial charge on any atom is 0.471 e. The largest absolute Gasteiger partial charge is 0.487 e. The van der Waals surface area contributed by atoms with E-state index in [-0.39, 0.29) is 29.1 Å². The second kappa shape index (κ2) is 7.73. The lowest BCUT2D eigenvalue weighted by atomic mass is 10.2. The van der Waals surface area contributed by atoms with Crippen molar-refractivity contribution >= 4 is 5.91 Å². The van der Waals surface area contributed by atoms with Crippen LogP contribution in [0.4, 0.5) is 17.6 Å². The molecule has 1 fully saturated rings. The van der Waals surface area contributed by atoms with Crippen molar-refractivity contribution < 1.29 is 31.6 Å². The van der Waals surface area contributed by atoms with Crippen molar-refractivity contribution in [3.63, 3.8) is 0 Å². The van der Waals surface area contributed by atoms with Crippen LogP contribution in [0.3, 0.4) is 0 Å². The predicted octanol–water partition coefficient (Wildman–Crippen LogP) is 3.58. The van der Waals surface area contributed by atoms with E-state index in [9.17, 15) is 22.4 Å². The smallest absolute Gasteiger partial charge is 0.471 e. The zero-order chi connectivity index (χ0) is 21.3. The average Bonchev–Trinajstić information content (AvgIpc) is 3.38. The van der Waals surface area contributed by atoms with Gasteiger partial charge in [0.05, 0.1) is 12.7 Å². The van der Waals surface area contributed by atoms with Gasteiger partial charge in [0, 0.05) is 18.5 Å². The first-order chi connectivity index (χ1) is 14.3. The van der Waals surface area contributed by atoms with E-state index in [0.29, 0.717) is 25.3 Å². The summed E-state index contributed by atoms with van der Waals surface area (Å²) in [6.07, 6.45) is -3.12. The van der Waals surface area contributed by atoms with Crippen LogP contribution in [-0.4, -0.2) is 45.1 Å². The normalized spacial score (nSPS) is 16.7. The van der Waals surface area contributed by atoms with Crippen LogP contribution in [0.25, 0.3) is 11.5 Å². The number of rotatable bonds is 4. The Morgan fingerprint density at radius 1 is 1.23 bits per heavy atom. The molecule has 3 aromatic rings. The monoisotopic (exact) mass is 422 g/mol. The number of likely N-dealkylation sites (tertiary alicyclic amines) is 1. The quantitative estimate of drug-likeness (QED) is 0.598. The first-order valence-electron chi connectivity index (χ1n) is 8.88. The summed E-state index contributed by atoms with van der Waals surface area (Å²) in [5.74, 6) is -2.13. The number of aromatic nitrogens is 3. The molecule has 1 aliphatic heterocycles. The second-order valence-corrected chi connectivity index (χ2v) is 6.59. The Bertz CT molecular complexity index is 1050. The first kappa shape index (κ1) is 19.8. The highest BCUT2D eigenvalue weighted by atomic mass is 19.4. The Kier molecular flexibility index (Phi) is 5.10. The van der Waals surface area contributed by atoms with E-state index in [2.05, 4.69) is 19.6 Å². The molecule has 0 bridgehead atoms. The van der Waals surface area contributed by atoms with Gasteiger partial charge in [-0.25, -0.2) is 9.37 Å². The lowest BCUT2D eigenvalue weighted by Gasteiger charge is -2.17. The number of halogens is 4. The highest BCUT2D eigenvalue weighted by Gasteiger charge is 2.38. The van der Waals surface area contributed by atoms with Crippen molar-refractivity contribution in [1.29, 1.82) is 0 Å². The molecule has 1 aromatic carbocycles. The highest BCUT2D eigenvalue weighted by Crippen LogP contribution is 2.29. The molecule has 156 valence electrons. The molecule has 1 unspecified atom stereocenters. The van der Waals surface area contributed by atoms with Gasteiger partial charge in [0.1, 0.15) is 23.4 Å². The van der Waals surface area contributed by atoms with Crippen LogP contribution < -0.4 is 4.74 Å². The summed E-state index contributed by atoms with van der Waals surface area (Å²) >= 11 is 0. The Labute approximate surface area is 167 Å². The van der Waals surface area contributed by atoms with Crippen molar-refractivity contribution in [2.24, 2.45) is 0 Å². The molecular weight excluding hydrogens is 408 g/mol. The van der Waals surface area contributed by atoms with Gasteiger partial charge >= 0.3 is 12.1 Å². The van der Waals surface area contributed by atoms with Crippen molar-refractivity contribution in [2.75, 3.05) is 13.1 Å². The van der Waals surface area contributed by atoms with Crippen LogP contribution in [0.15, 0.2) is 47.1 Å². The zero-order valence-corrected chi connectivity index (χ0v) is 15.3. The maximum absolute atomic E-state index is 13.3. The fraction of sp³-hybridized carbons (Fsp3) is 0.263. The molecule has 7 nitrogen and oxygen atoms in total. The van der Waals surface area contributed by atoms with Gasteiger partial charge in [-0.3, -0.25) is 4.79 Å². The van der Waals surface area contributed by atoms with Gasteiger partial charge in [-0.05, 0) is 30.3 Å². The van der Waals surface area contributed by atoms with Gasteiger partial charge in [-0.2, -0.15) is 18.2 Å². The van der Waals surface area contributed by atoms with E-state index >= 15 is 0 Å². The molecule has 0 aliphatic carbocycles. The molecule has 0 N–H and O–H groups in total. The number of benzene rings is 1. The number of hydrogen-bond acceptors (Lipinski definition) is 6. The second-order valence-electron chi connectivity index (χ2n) is 6.59. The number of nitrogens with zero attached hydrogens (tertiary/aromatic N) is 4. The standard InChI is InChI=1S/C19H14F4N4O3/c20-12-3-1-2-11(8-12)17(28)27-7-6-14(10-27)29-13-4-5-15(24-9-13)16-25-18(30-26-16)19(21,22)23/h1-5,8-9,14H,6-7,10H2. The van der Waals surface area contributed by atoms with Crippen LogP contribution in [0, 0.1) is 5.82 Å². The molecule has 1 aliphatic rings. The number of alkyl halides is 3. The van der Waals surface area contributed by atoms with Gasteiger partial charge in [0.25, 0.3) is 5.91 Å². The Morgan fingerprint density at radius 2 is 2.07 bits per heavy atom. The topological polar surface area (TPSA) is 81.4 Å². The van der Waals surface area contributed by atoms with Crippen molar-refractivity contribution in [3.05, 3.63) is 59.9 Å². The molecular formula is C19H14F4N4O3. The van der Waals surface area contributed by atoms with E-state index in [1.54, 1.807) is 11.0 Å². The number of carbonyl (C=O) groups is 1. The molecule has 1 saturated heterocycles. The average molecular weight is 422 g/mol. The van der Waals surface area contributed by atoms with Crippen LogP contribution in [0.1, 0.15) is 22.7 Å². The third-order valence-electron chi connectivity index (χ3n) is 4.44. The molecule has 1 amide bonds. The lowest BCUT2D eigenvalue weighted by Crippen LogP contribution is -2.31. The molecule has 2 aromatic heterocycles. The van der Waals surface area contributed by atoms with Gasteiger partial charge in [0.2, 0.25) is 5.82 Å². The molecule has 4 rings (SSSR count). The number of amides is 1. The minimum Gasteiger partial charge on any atom is -0.487 e. The van der Waals surface area contributed by atoms with E-state index < -0.39 is 17.9 Å². The van der Waals surface area contributed by atoms with Crippen molar-refractivity contribution in [2.45, 2.75) is 18.7 Å². The lowest BCUT2D eigenvalue weighted by molar-refractivity contribution is -0.159. The SMILES string of the molecule is O=C(c1cccc(F)c1)N1CCC(Oc2ccc(-c3noc(C(F)(F)F)n3)nc2)C1. The minimum atomic E-state index is -4.73. The molecule has 3 heterocycles. The number of pyridine rings is 1. The fourth-order valence-corrected chi connectivity index (χ4v) is 3.03. The van der Waals surface area contributed by atoms with Crippen LogP contribution in [-0.2, 0) is 6.18 Å². The predicted molar refractivity (Wildman–Crippen MR) is 93.9 cm³/mol. The van der Waals surface area contributed by atoms with Crippen molar-refractivity contribution in [1.82, 2.24) is 20.0 Å². The van der Waals surface area contributed by atoms with Gasteiger partial charge in [-0.1, -0.05) is 11.2 Å². The molecule has 0 saturated carbocycles. The van der Waals surface area contributed by atoms with Crippen LogP contribution in [0.5, 0.6) is 5.75 Å². The Balaban J connectivity index is 1.37. The van der Waals surface area contributed by atoms with Gasteiger partial charge < -0.3 is 14.2 Å². The summed E-state index contributed by atoms with van der Waals surface area (Å²) < 4.78 is 60.9. The summed E-state index contributed by atoms with van der Waals surface area (Å²) in [5, 5.41) is 3.27. The minimum absolute atomic E-state index is 0.0935. The van der Waals surface area contributed by atoms with Crippen LogP contribution >= 0.6 is 0 Å². The summed E-state index contributed by atoms with van der Waals surface area (Å²) in [7, 11) is 0. The molecule has 11 heteroatoms. The van der Waals surface area contributed by atoms with Crippen LogP contribution in [0.2, 0.25) is 0 Å². The number of carbonyl (C=O) groups excluding carboxylic acids is 1. The maximum atomic E-state index is 13.3.